The summed E-state index contributed by atoms with van der Waals surface area (Å²) < 4.78 is 5.72. The smallest absolute Gasteiger partial charge is 0.265 e. The number of hydrogen-bond donors (Lipinski definition) is 1. The van der Waals surface area contributed by atoms with Crippen molar-refractivity contribution >= 4 is 34.8 Å². The fourth-order valence-electron chi connectivity index (χ4n) is 1.98. The van der Waals surface area contributed by atoms with Crippen LogP contribution in [0.2, 0.25) is 10.0 Å². The van der Waals surface area contributed by atoms with Gasteiger partial charge in [0.25, 0.3) is 5.91 Å². The summed E-state index contributed by atoms with van der Waals surface area (Å²) in [6, 6.07) is 12.3. The van der Waals surface area contributed by atoms with Crippen LogP contribution in [0.4, 0.5) is 5.69 Å². The third-order valence-electron chi connectivity index (χ3n) is 3.20. The molecule has 22 heavy (non-hydrogen) atoms. The molecule has 0 aromatic heterocycles. The van der Waals surface area contributed by atoms with Crippen molar-refractivity contribution in [2.24, 2.45) is 0 Å². The summed E-state index contributed by atoms with van der Waals surface area (Å²) in [5.41, 5.74) is 1.63. The lowest BCUT2D eigenvalue weighted by molar-refractivity contribution is -0.122. The van der Waals surface area contributed by atoms with Gasteiger partial charge in [0.15, 0.2) is 6.10 Å². The maximum absolute atomic E-state index is 12.4. The molecule has 0 radical (unpaired) electrons. The molecule has 3 nitrogen and oxygen atoms in total. The van der Waals surface area contributed by atoms with Gasteiger partial charge in [0, 0.05) is 15.7 Å². The van der Waals surface area contributed by atoms with Gasteiger partial charge in [-0.15, -0.1) is 0 Å². The Labute approximate surface area is 140 Å². The third-order valence-corrected chi connectivity index (χ3v) is 3.69. The van der Waals surface area contributed by atoms with Crippen LogP contribution >= 0.6 is 23.2 Å². The number of amides is 1. The maximum atomic E-state index is 12.4. The molecule has 0 heterocycles. The van der Waals surface area contributed by atoms with Crippen molar-refractivity contribution in [3.05, 3.63) is 58.1 Å². The molecular weight excluding hydrogens is 321 g/mol. The monoisotopic (exact) mass is 337 g/mol. The first-order valence-corrected chi connectivity index (χ1v) is 7.74. The predicted octanol–water partition coefficient (Wildman–Crippen LogP) is 5.10. The van der Waals surface area contributed by atoms with E-state index in [-0.39, 0.29) is 5.91 Å². The first kappa shape index (κ1) is 16.7. The molecule has 1 atom stereocenters. The Hall–Kier alpha value is -1.71. The van der Waals surface area contributed by atoms with E-state index < -0.39 is 6.10 Å². The Kier molecular flexibility index (Phi) is 5.69. The zero-order chi connectivity index (χ0) is 16.1. The number of rotatable bonds is 5. The van der Waals surface area contributed by atoms with Gasteiger partial charge in [-0.05, 0) is 61.4 Å². The average Bonchev–Trinajstić information content (AvgIpc) is 2.49. The predicted molar refractivity (Wildman–Crippen MR) is 91.0 cm³/mol. The number of carbonyl (C=O) groups is 1. The minimum Gasteiger partial charge on any atom is -0.481 e. The van der Waals surface area contributed by atoms with Gasteiger partial charge >= 0.3 is 0 Å². The van der Waals surface area contributed by atoms with Gasteiger partial charge in [-0.1, -0.05) is 30.1 Å². The number of benzene rings is 2. The van der Waals surface area contributed by atoms with Gasteiger partial charge in [-0.25, -0.2) is 0 Å². The van der Waals surface area contributed by atoms with Crippen LogP contribution in [0.25, 0.3) is 0 Å². The van der Waals surface area contributed by atoms with Gasteiger partial charge in [0.05, 0.1) is 0 Å². The zero-order valence-corrected chi connectivity index (χ0v) is 13.9. The van der Waals surface area contributed by atoms with E-state index in [9.17, 15) is 4.79 Å². The molecule has 116 valence electrons. The lowest BCUT2D eigenvalue weighted by Gasteiger charge is -2.18. The van der Waals surface area contributed by atoms with E-state index in [4.69, 9.17) is 27.9 Å². The molecule has 0 aliphatic rings. The number of nitrogens with one attached hydrogen (secondary N) is 1. The summed E-state index contributed by atoms with van der Waals surface area (Å²) in [5, 5.41) is 4.14. The fraction of sp³-hybridized carbons (Fsp3) is 0.235. The van der Waals surface area contributed by atoms with Crippen LogP contribution in [-0.2, 0) is 4.79 Å². The van der Waals surface area contributed by atoms with E-state index in [0.717, 1.165) is 11.3 Å². The van der Waals surface area contributed by atoms with E-state index in [2.05, 4.69) is 5.32 Å². The second-order valence-electron chi connectivity index (χ2n) is 4.92. The number of aryl methyl sites for hydroxylation is 1. The molecule has 0 spiro atoms. The van der Waals surface area contributed by atoms with Gasteiger partial charge in [0.2, 0.25) is 0 Å². The number of hydrogen-bond acceptors (Lipinski definition) is 2. The Morgan fingerprint density at radius 3 is 2.36 bits per heavy atom. The zero-order valence-electron chi connectivity index (χ0n) is 12.4. The quantitative estimate of drug-likeness (QED) is 0.824. The van der Waals surface area contributed by atoms with Crippen molar-refractivity contribution in [2.75, 3.05) is 5.32 Å². The molecule has 2 rings (SSSR count). The Morgan fingerprint density at radius 1 is 1.14 bits per heavy atom. The van der Waals surface area contributed by atoms with Crippen LogP contribution in [-0.4, -0.2) is 12.0 Å². The number of anilines is 1. The van der Waals surface area contributed by atoms with Crippen LogP contribution in [0, 0.1) is 6.92 Å². The number of ether oxygens (including phenoxy) is 1. The minimum absolute atomic E-state index is 0.192. The van der Waals surface area contributed by atoms with Gasteiger partial charge in [-0.2, -0.15) is 0 Å². The van der Waals surface area contributed by atoms with Crippen molar-refractivity contribution in [1.29, 1.82) is 0 Å². The van der Waals surface area contributed by atoms with Gasteiger partial charge < -0.3 is 10.1 Å². The Bertz CT molecular complexity index is 656. The highest BCUT2D eigenvalue weighted by molar-refractivity contribution is 6.31. The molecule has 0 saturated carbocycles. The van der Waals surface area contributed by atoms with Crippen LogP contribution in [0.3, 0.4) is 0 Å². The molecule has 0 saturated heterocycles. The SMILES string of the molecule is CC[C@@H](Oc1ccc(Cl)cc1)C(=O)Nc1ccc(Cl)cc1C. The lowest BCUT2D eigenvalue weighted by Crippen LogP contribution is -2.32. The van der Waals surface area contributed by atoms with Crippen molar-refractivity contribution in [3.8, 4) is 5.75 Å². The summed E-state index contributed by atoms with van der Waals surface area (Å²) in [6.07, 6.45) is -0.0163. The van der Waals surface area contributed by atoms with Crippen molar-refractivity contribution in [3.63, 3.8) is 0 Å². The molecule has 2 aromatic carbocycles. The second kappa shape index (κ2) is 7.52. The second-order valence-corrected chi connectivity index (χ2v) is 5.79. The topological polar surface area (TPSA) is 38.3 Å². The Balaban J connectivity index is 2.06. The number of halogens is 2. The molecule has 0 bridgehead atoms. The summed E-state index contributed by atoms with van der Waals surface area (Å²) in [7, 11) is 0. The molecule has 1 N–H and O–H groups in total. The average molecular weight is 338 g/mol. The highest BCUT2D eigenvalue weighted by Crippen LogP contribution is 2.21. The highest BCUT2D eigenvalue weighted by Gasteiger charge is 2.19. The summed E-state index contributed by atoms with van der Waals surface area (Å²) >= 11 is 11.8. The molecule has 0 fully saturated rings. The van der Waals surface area contributed by atoms with E-state index in [1.165, 1.54) is 0 Å². The van der Waals surface area contributed by atoms with Gasteiger partial charge in [0.1, 0.15) is 5.75 Å². The highest BCUT2D eigenvalue weighted by atomic mass is 35.5. The standard InChI is InChI=1S/C17H17Cl2NO2/c1-3-16(22-14-7-4-12(18)5-8-14)17(21)20-15-9-6-13(19)10-11(15)2/h4-10,16H,3H2,1-2H3,(H,20,21)/t16-/m1/s1. The number of carbonyl (C=O) groups excluding carboxylic acids is 1. The molecule has 5 heteroatoms. The maximum Gasteiger partial charge on any atom is 0.265 e. The van der Waals surface area contributed by atoms with Gasteiger partial charge in [-0.3, -0.25) is 4.79 Å². The molecule has 2 aromatic rings. The van der Waals surface area contributed by atoms with Crippen molar-refractivity contribution in [1.82, 2.24) is 0 Å². The van der Waals surface area contributed by atoms with Crippen molar-refractivity contribution < 1.29 is 9.53 Å². The third kappa shape index (κ3) is 4.39. The van der Waals surface area contributed by atoms with Crippen LogP contribution in [0.1, 0.15) is 18.9 Å². The minimum atomic E-state index is -0.573. The molecule has 0 unspecified atom stereocenters. The summed E-state index contributed by atoms with van der Waals surface area (Å²) in [6.45, 7) is 3.79. The summed E-state index contributed by atoms with van der Waals surface area (Å²) in [4.78, 5) is 12.4. The van der Waals surface area contributed by atoms with Crippen LogP contribution in [0.5, 0.6) is 5.75 Å². The molecule has 0 aliphatic heterocycles. The largest absolute Gasteiger partial charge is 0.481 e. The first-order chi connectivity index (χ1) is 10.5. The normalized spacial score (nSPS) is 11.8. The van der Waals surface area contributed by atoms with E-state index in [1.807, 2.05) is 13.8 Å². The van der Waals surface area contributed by atoms with E-state index in [0.29, 0.717) is 22.2 Å². The lowest BCUT2D eigenvalue weighted by atomic mass is 10.2. The molecule has 1 amide bonds. The Morgan fingerprint density at radius 2 is 1.77 bits per heavy atom. The fourth-order valence-corrected chi connectivity index (χ4v) is 2.33. The molecule has 0 aliphatic carbocycles. The van der Waals surface area contributed by atoms with E-state index >= 15 is 0 Å². The van der Waals surface area contributed by atoms with Crippen LogP contribution < -0.4 is 10.1 Å². The van der Waals surface area contributed by atoms with E-state index in [1.54, 1.807) is 42.5 Å². The van der Waals surface area contributed by atoms with Crippen LogP contribution in [0.15, 0.2) is 42.5 Å². The molecular formula is C17H17Cl2NO2. The summed E-state index contributed by atoms with van der Waals surface area (Å²) in [5.74, 6) is 0.419. The first-order valence-electron chi connectivity index (χ1n) is 6.99. The van der Waals surface area contributed by atoms with Crippen molar-refractivity contribution in [2.45, 2.75) is 26.4 Å².